The average molecular weight is 311 g/mol. The van der Waals surface area contributed by atoms with Crippen LogP contribution in [-0.2, 0) is 14.8 Å². The van der Waals surface area contributed by atoms with Crippen LogP contribution in [-0.4, -0.2) is 24.5 Å². The van der Waals surface area contributed by atoms with Crippen molar-refractivity contribution in [3.63, 3.8) is 0 Å². The molecule has 0 radical (unpaired) electrons. The summed E-state index contributed by atoms with van der Waals surface area (Å²) < 4.78 is 24.8. The molecule has 1 rings (SSSR count). The summed E-state index contributed by atoms with van der Waals surface area (Å²) in [7, 11) is -3.31. The summed E-state index contributed by atoms with van der Waals surface area (Å²) in [4.78, 5) is 11.5. The Hall–Kier alpha value is -0.980. The molecule has 100 valence electrons. The van der Waals surface area contributed by atoms with Crippen LogP contribution in [0.2, 0.25) is 0 Å². The zero-order chi connectivity index (χ0) is 13.9. The lowest BCUT2D eigenvalue weighted by Gasteiger charge is -2.13. The first-order chi connectivity index (χ1) is 8.20. The summed E-state index contributed by atoms with van der Waals surface area (Å²) in [6.07, 6.45) is 1.06. The number of hydrogen-bond donors (Lipinski definition) is 1. The molecule has 5 nitrogen and oxygen atoms in total. The van der Waals surface area contributed by atoms with E-state index in [9.17, 15) is 13.2 Å². The third-order valence-corrected chi connectivity index (χ3v) is 3.19. The normalized spacial score (nSPS) is 12.9. The van der Waals surface area contributed by atoms with Gasteiger partial charge in [0.05, 0.1) is 12.2 Å². The second-order valence-corrected chi connectivity index (χ2v) is 6.39. The minimum atomic E-state index is -3.31. The van der Waals surface area contributed by atoms with E-state index in [1.54, 1.807) is 31.2 Å². The highest BCUT2D eigenvalue weighted by atomic mass is 35.5. The van der Waals surface area contributed by atoms with E-state index in [1.165, 1.54) is 0 Å². The standard InChI is InChI=1S/C10H12Cl2N2O3S/c1-7(10(15)14(11)12)8-3-5-9(6-4-8)13-18(2,16)17/h3-7,13H,1-2H3. The molecule has 1 aromatic rings. The SMILES string of the molecule is CC(C(=O)N(Cl)Cl)c1ccc(NS(C)(=O)=O)cc1. The van der Waals surface area contributed by atoms with Gasteiger partial charge in [0.25, 0.3) is 5.91 Å². The fourth-order valence-electron chi connectivity index (χ4n) is 1.34. The van der Waals surface area contributed by atoms with Crippen LogP contribution in [0, 0.1) is 0 Å². The van der Waals surface area contributed by atoms with Gasteiger partial charge >= 0.3 is 0 Å². The Morgan fingerprint density at radius 2 is 1.78 bits per heavy atom. The number of nitrogens with zero attached hydrogens (tertiary/aromatic N) is 1. The van der Waals surface area contributed by atoms with E-state index in [4.69, 9.17) is 23.6 Å². The first-order valence-corrected chi connectivity index (χ1v) is 7.51. The number of carbonyl (C=O) groups is 1. The van der Waals surface area contributed by atoms with Crippen molar-refractivity contribution in [3.05, 3.63) is 29.8 Å². The zero-order valence-electron chi connectivity index (χ0n) is 9.72. The monoisotopic (exact) mass is 310 g/mol. The van der Waals surface area contributed by atoms with Crippen molar-refractivity contribution in [2.75, 3.05) is 11.0 Å². The molecule has 0 aliphatic rings. The first-order valence-electron chi connectivity index (χ1n) is 4.94. The summed E-state index contributed by atoms with van der Waals surface area (Å²) in [5.41, 5.74) is 1.11. The Morgan fingerprint density at radius 1 is 1.28 bits per heavy atom. The smallest absolute Gasteiger partial charge is 0.259 e. The van der Waals surface area contributed by atoms with Crippen molar-refractivity contribution in [2.24, 2.45) is 0 Å². The van der Waals surface area contributed by atoms with Gasteiger partial charge in [0.2, 0.25) is 10.0 Å². The van der Waals surface area contributed by atoms with E-state index in [0.717, 1.165) is 6.26 Å². The lowest BCUT2D eigenvalue weighted by Crippen LogP contribution is -2.18. The number of rotatable bonds is 4. The van der Waals surface area contributed by atoms with Crippen LogP contribution in [0.25, 0.3) is 0 Å². The van der Waals surface area contributed by atoms with Crippen LogP contribution in [0.15, 0.2) is 24.3 Å². The highest BCUT2D eigenvalue weighted by Crippen LogP contribution is 2.22. The van der Waals surface area contributed by atoms with Crippen molar-refractivity contribution < 1.29 is 13.2 Å². The molecule has 18 heavy (non-hydrogen) atoms. The van der Waals surface area contributed by atoms with Crippen LogP contribution in [0.1, 0.15) is 18.4 Å². The Kier molecular flexibility index (Phi) is 4.84. The van der Waals surface area contributed by atoms with Crippen molar-refractivity contribution in [2.45, 2.75) is 12.8 Å². The predicted molar refractivity (Wildman–Crippen MR) is 71.9 cm³/mol. The maximum Gasteiger partial charge on any atom is 0.259 e. The van der Waals surface area contributed by atoms with E-state index >= 15 is 0 Å². The fourth-order valence-corrected chi connectivity index (χ4v) is 2.20. The molecular formula is C10H12Cl2N2O3S. The molecule has 1 unspecified atom stereocenters. The fraction of sp³-hybridized carbons (Fsp3) is 0.300. The molecule has 1 aromatic carbocycles. The molecule has 8 heteroatoms. The van der Waals surface area contributed by atoms with Crippen LogP contribution < -0.4 is 4.72 Å². The molecule has 0 fully saturated rings. The first kappa shape index (κ1) is 15.1. The molecule has 1 N–H and O–H groups in total. The molecule has 0 bridgehead atoms. The third-order valence-electron chi connectivity index (χ3n) is 2.25. The summed E-state index contributed by atoms with van der Waals surface area (Å²) in [5.74, 6) is -0.963. The maximum absolute atomic E-state index is 11.5. The Balaban J connectivity index is 2.86. The van der Waals surface area contributed by atoms with Crippen molar-refractivity contribution >= 4 is 45.2 Å². The Labute approximate surface area is 116 Å². The topological polar surface area (TPSA) is 66.5 Å². The molecule has 0 aliphatic heterocycles. The maximum atomic E-state index is 11.5. The number of benzene rings is 1. The van der Waals surface area contributed by atoms with E-state index in [2.05, 4.69) is 4.72 Å². The minimum absolute atomic E-state index is 0.425. The second kappa shape index (κ2) is 5.77. The van der Waals surface area contributed by atoms with Gasteiger partial charge in [0.1, 0.15) is 0 Å². The number of amides is 1. The summed E-state index contributed by atoms with van der Waals surface area (Å²) >= 11 is 10.7. The molecular weight excluding hydrogens is 299 g/mol. The van der Waals surface area contributed by atoms with E-state index in [0.29, 0.717) is 15.2 Å². The van der Waals surface area contributed by atoms with E-state index in [-0.39, 0.29) is 0 Å². The molecule has 0 aromatic heterocycles. The third kappa shape index (κ3) is 4.36. The zero-order valence-corrected chi connectivity index (χ0v) is 12.1. The second-order valence-electron chi connectivity index (χ2n) is 3.79. The van der Waals surface area contributed by atoms with Gasteiger partial charge in [-0.2, -0.15) is 3.94 Å². The summed E-state index contributed by atoms with van der Waals surface area (Å²) in [5, 5.41) is 0. The quantitative estimate of drug-likeness (QED) is 0.868. The van der Waals surface area contributed by atoms with E-state index < -0.39 is 21.8 Å². The molecule has 0 aliphatic carbocycles. The largest absolute Gasteiger partial charge is 0.284 e. The van der Waals surface area contributed by atoms with Crippen LogP contribution in [0.5, 0.6) is 0 Å². The van der Waals surface area contributed by atoms with E-state index in [1.807, 2.05) is 0 Å². The minimum Gasteiger partial charge on any atom is -0.284 e. The number of carbonyl (C=O) groups excluding carboxylic acids is 1. The van der Waals surface area contributed by atoms with Gasteiger partial charge in [-0.15, -0.1) is 0 Å². The van der Waals surface area contributed by atoms with Crippen LogP contribution in [0.3, 0.4) is 0 Å². The lowest BCUT2D eigenvalue weighted by molar-refractivity contribution is -0.124. The number of anilines is 1. The van der Waals surface area contributed by atoms with Gasteiger partial charge < -0.3 is 0 Å². The average Bonchev–Trinajstić information content (AvgIpc) is 2.26. The molecule has 0 spiro atoms. The summed E-state index contributed by atoms with van der Waals surface area (Å²) in [6, 6.07) is 6.39. The van der Waals surface area contributed by atoms with Gasteiger partial charge in [0, 0.05) is 29.2 Å². The van der Waals surface area contributed by atoms with Crippen molar-refractivity contribution in [3.8, 4) is 0 Å². The molecule has 1 atom stereocenters. The van der Waals surface area contributed by atoms with Gasteiger partial charge in [-0.1, -0.05) is 12.1 Å². The molecule has 0 saturated heterocycles. The molecule has 1 amide bonds. The number of halogens is 2. The molecule has 0 heterocycles. The highest BCUT2D eigenvalue weighted by molar-refractivity contribution is 7.92. The summed E-state index contributed by atoms with van der Waals surface area (Å²) in [6.45, 7) is 1.65. The van der Waals surface area contributed by atoms with Crippen molar-refractivity contribution in [1.29, 1.82) is 0 Å². The number of nitrogens with one attached hydrogen (secondary N) is 1. The van der Waals surface area contributed by atoms with Gasteiger partial charge in [0.15, 0.2) is 0 Å². The Morgan fingerprint density at radius 3 is 2.17 bits per heavy atom. The van der Waals surface area contributed by atoms with Gasteiger partial charge in [-0.05, 0) is 24.6 Å². The molecule has 0 saturated carbocycles. The number of hydrogen-bond acceptors (Lipinski definition) is 3. The number of sulfonamides is 1. The van der Waals surface area contributed by atoms with Crippen molar-refractivity contribution in [1.82, 2.24) is 3.94 Å². The van der Waals surface area contributed by atoms with Crippen LogP contribution in [0.4, 0.5) is 5.69 Å². The van der Waals surface area contributed by atoms with Gasteiger partial charge in [-0.25, -0.2) is 8.42 Å². The predicted octanol–water partition coefficient (Wildman–Crippen LogP) is 2.30. The van der Waals surface area contributed by atoms with Gasteiger partial charge in [-0.3, -0.25) is 9.52 Å². The van der Waals surface area contributed by atoms with Crippen LogP contribution >= 0.6 is 23.6 Å². The lowest BCUT2D eigenvalue weighted by atomic mass is 10.0. The highest BCUT2D eigenvalue weighted by Gasteiger charge is 2.19. The Bertz CT molecular complexity index is 529.